The largest absolute Gasteiger partial charge is 0.491 e. The van der Waals surface area contributed by atoms with Crippen molar-refractivity contribution in [1.82, 2.24) is 9.80 Å². The van der Waals surface area contributed by atoms with Crippen molar-refractivity contribution in [2.45, 2.75) is 46.6 Å². The summed E-state index contributed by atoms with van der Waals surface area (Å²) in [4.78, 5) is 30.9. The fourth-order valence-electron chi connectivity index (χ4n) is 3.91. The second-order valence-corrected chi connectivity index (χ2v) is 10.0. The predicted molar refractivity (Wildman–Crippen MR) is 125 cm³/mol. The molecule has 5 nitrogen and oxygen atoms in total. The number of carbonyl (C=O) groups is 2. The van der Waals surface area contributed by atoms with Gasteiger partial charge >= 0.3 is 0 Å². The van der Waals surface area contributed by atoms with Crippen molar-refractivity contribution in [3.8, 4) is 5.75 Å². The summed E-state index contributed by atoms with van der Waals surface area (Å²) in [5.74, 6) is 0.291. The number of nitrogens with zero attached hydrogens (tertiary/aromatic N) is 2. The molecule has 0 bridgehead atoms. The first kappa shape index (κ1) is 24.2. The van der Waals surface area contributed by atoms with Crippen molar-refractivity contribution in [2.75, 3.05) is 26.2 Å². The molecule has 7 heteroatoms. The third-order valence-corrected chi connectivity index (χ3v) is 6.72. The van der Waals surface area contributed by atoms with E-state index in [1.807, 2.05) is 30.2 Å². The molecule has 0 saturated carbocycles. The number of hydrogen-bond acceptors (Lipinski definition) is 4. The predicted octanol–water partition coefficient (Wildman–Crippen LogP) is 4.92. The van der Waals surface area contributed by atoms with Gasteiger partial charge in [0.1, 0.15) is 18.2 Å². The number of amides is 2. The molecule has 0 saturated heterocycles. The molecular weight excluding hydrogens is 427 g/mol. The lowest BCUT2D eigenvalue weighted by Gasteiger charge is -2.37. The number of hydrogen-bond donors (Lipinski definition) is 0. The Morgan fingerprint density at radius 2 is 2.03 bits per heavy atom. The summed E-state index contributed by atoms with van der Waals surface area (Å²) < 4.78 is 19.5. The van der Waals surface area contributed by atoms with Gasteiger partial charge in [0.05, 0.1) is 12.6 Å². The van der Waals surface area contributed by atoms with Gasteiger partial charge in [-0.2, -0.15) is 0 Å². The summed E-state index contributed by atoms with van der Waals surface area (Å²) in [7, 11) is 0. The summed E-state index contributed by atoms with van der Waals surface area (Å²) in [5, 5.41) is 2.03. The van der Waals surface area contributed by atoms with Crippen molar-refractivity contribution in [1.29, 1.82) is 0 Å². The number of halogens is 1. The van der Waals surface area contributed by atoms with Gasteiger partial charge in [-0.15, -0.1) is 11.3 Å². The van der Waals surface area contributed by atoms with Gasteiger partial charge in [0, 0.05) is 30.0 Å². The van der Waals surface area contributed by atoms with Gasteiger partial charge in [-0.05, 0) is 47.9 Å². The molecule has 1 aromatic heterocycles. The third kappa shape index (κ3) is 6.09. The molecule has 1 aliphatic heterocycles. The Hall–Kier alpha value is -2.41. The van der Waals surface area contributed by atoms with E-state index in [1.54, 1.807) is 28.4 Å². The molecule has 3 rings (SSSR count). The van der Waals surface area contributed by atoms with Crippen molar-refractivity contribution in [3.05, 3.63) is 52.0 Å². The summed E-state index contributed by atoms with van der Waals surface area (Å²) in [5.41, 5.74) is 1.08. The molecule has 0 unspecified atom stereocenters. The Kier molecular flexibility index (Phi) is 8.29. The zero-order valence-electron chi connectivity index (χ0n) is 19.3. The highest BCUT2D eigenvalue weighted by Crippen LogP contribution is 2.34. The summed E-state index contributed by atoms with van der Waals surface area (Å²) in [6.07, 6.45) is 1.64. The minimum absolute atomic E-state index is 0.000192. The molecule has 32 heavy (non-hydrogen) atoms. The standard InChI is InChI=1S/C25H33FN2O3S/c1-17(2)8-11-27(25(30)18(3)4)15-24(29)28-12-9-23-21(10-13-32-23)22(28)16-31-20-7-5-6-19(26)14-20/h5-7,10,13-14,17-18,22H,8-9,11-12,15-16H2,1-4H3/t22-/m1/s1. The maximum absolute atomic E-state index is 13.6. The van der Waals surface area contributed by atoms with Crippen LogP contribution >= 0.6 is 11.3 Å². The SMILES string of the molecule is CC(C)CCN(CC(=O)N1CCc2sccc2[C@H]1COc1cccc(F)c1)C(=O)C(C)C. The number of fused-ring (bicyclic) bond motifs is 1. The van der Waals surface area contributed by atoms with Crippen molar-refractivity contribution < 1.29 is 18.7 Å². The molecule has 0 fully saturated rings. The summed E-state index contributed by atoms with van der Waals surface area (Å²) in [6, 6.07) is 7.81. The first-order valence-corrected chi connectivity index (χ1v) is 12.2. The van der Waals surface area contributed by atoms with Gasteiger partial charge in [0.15, 0.2) is 0 Å². The first-order valence-electron chi connectivity index (χ1n) is 11.3. The van der Waals surface area contributed by atoms with E-state index in [2.05, 4.69) is 13.8 Å². The Morgan fingerprint density at radius 1 is 1.25 bits per heavy atom. The average Bonchev–Trinajstić information content (AvgIpc) is 3.23. The van der Waals surface area contributed by atoms with Crippen LogP contribution in [0.25, 0.3) is 0 Å². The fraction of sp³-hybridized carbons (Fsp3) is 0.520. The molecule has 1 atom stereocenters. The van der Waals surface area contributed by atoms with Gasteiger partial charge in [0.2, 0.25) is 11.8 Å². The maximum Gasteiger partial charge on any atom is 0.242 e. The molecule has 0 N–H and O–H groups in total. The number of thiophene rings is 1. The monoisotopic (exact) mass is 460 g/mol. The van der Waals surface area contributed by atoms with E-state index in [1.165, 1.54) is 17.0 Å². The quantitative estimate of drug-likeness (QED) is 0.534. The molecule has 2 heterocycles. The number of ether oxygens (including phenoxy) is 1. The van der Waals surface area contributed by atoms with Crippen molar-refractivity contribution >= 4 is 23.2 Å². The maximum atomic E-state index is 13.6. The van der Waals surface area contributed by atoms with E-state index in [0.29, 0.717) is 24.8 Å². The Morgan fingerprint density at radius 3 is 2.72 bits per heavy atom. The van der Waals surface area contributed by atoms with E-state index in [0.717, 1.165) is 18.4 Å². The van der Waals surface area contributed by atoms with Crippen molar-refractivity contribution in [3.63, 3.8) is 0 Å². The van der Waals surface area contributed by atoms with Crippen LogP contribution in [-0.4, -0.2) is 47.9 Å². The van der Waals surface area contributed by atoms with Crippen LogP contribution in [0.15, 0.2) is 35.7 Å². The van der Waals surface area contributed by atoms with E-state index in [-0.39, 0.29) is 42.7 Å². The van der Waals surface area contributed by atoms with Crippen LogP contribution in [-0.2, 0) is 16.0 Å². The molecular formula is C25H33FN2O3S. The molecule has 174 valence electrons. The van der Waals surface area contributed by atoms with E-state index in [4.69, 9.17) is 4.74 Å². The van der Waals surface area contributed by atoms with Crippen LogP contribution in [0.2, 0.25) is 0 Å². The van der Waals surface area contributed by atoms with Gasteiger partial charge in [0.25, 0.3) is 0 Å². The summed E-state index contributed by atoms with van der Waals surface area (Å²) in [6.45, 7) is 9.42. The molecule has 2 aromatic rings. The molecule has 0 radical (unpaired) electrons. The van der Waals surface area contributed by atoms with Crippen LogP contribution in [0.3, 0.4) is 0 Å². The smallest absolute Gasteiger partial charge is 0.242 e. The Labute approximate surface area is 194 Å². The average molecular weight is 461 g/mol. The van der Waals surface area contributed by atoms with E-state index < -0.39 is 0 Å². The number of rotatable bonds is 9. The highest BCUT2D eigenvalue weighted by Gasteiger charge is 2.33. The molecule has 0 aliphatic carbocycles. The minimum atomic E-state index is -0.358. The van der Waals surface area contributed by atoms with Crippen LogP contribution < -0.4 is 4.74 Å². The minimum Gasteiger partial charge on any atom is -0.491 e. The lowest BCUT2D eigenvalue weighted by molar-refractivity contribution is -0.144. The van der Waals surface area contributed by atoms with E-state index >= 15 is 0 Å². The van der Waals surface area contributed by atoms with Gasteiger partial charge in [-0.25, -0.2) is 4.39 Å². The van der Waals surface area contributed by atoms with Crippen molar-refractivity contribution in [2.24, 2.45) is 11.8 Å². The molecule has 1 aromatic carbocycles. The molecule has 1 aliphatic rings. The normalized spacial score (nSPS) is 15.7. The second kappa shape index (κ2) is 10.9. The van der Waals surface area contributed by atoms with Crippen LogP contribution in [0.4, 0.5) is 4.39 Å². The van der Waals surface area contributed by atoms with Gasteiger partial charge < -0.3 is 14.5 Å². The molecule has 2 amide bonds. The highest BCUT2D eigenvalue weighted by molar-refractivity contribution is 7.10. The lowest BCUT2D eigenvalue weighted by atomic mass is 10.00. The third-order valence-electron chi connectivity index (χ3n) is 5.73. The topological polar surface area (TPSA) is 49.9 Å². The van der Waals surface area contributed by atoms with Crippen LogP contribution in [0.1, 0.15) is 50.6 Å². The van der Waals surface area contributed by atoms with E-state index in [9.17, 15) is 14.0 Å². The fourth-order valence-corrected chi connectivity index (χ4v) is 4.84. The Bertz CT molecular complexity index is 927. The number of benzene rings is 1. The second-order valence-electron chi connectivity index (χ2n) is 9.02. The first-order chi connectivity index (χ1) is 15.3. The Balaban J connectivity index is 1.76. The van der Waals surface area contributed by atoms with Gasteiger partial charge in [-0.3, -0.25) is 9.59 Å². The van der Waals surface area contributed by atoms with Crippen LogP contribution in [0, 0.1) is 17.7 Å². The zero-order valence-corrected chi connectivity index (χ0v) is 20.2. The van der Waals surface area contributed by atoms with Crippen LogP contribution in [0.5, 0.6) is 5.75 Å². The lowest BCUT2D eigenvalue weighted by Crippen LogP contribution is -2.48. The molecule has 0 spiro atoms. The highest BCUT2D eigenvalue weighted by atomic mass is 32.1. The summed E-state index contributed by atoms with van der Waals surface area (Å²) >= 11 is 1.68. The van der Waals surface area contributed by atoms with Gasteiger partial charge in [-0.1, -0.05) is 33.8 Å². The number of carbonyl (C=O) groups excluding carboxylic acids is 2. The zero-order chi connectivity index (χ0) is 23.3.